The molecule has 2 rings (SSSR count). The highest BCUT2D eigenvalue weighted by molar-refractivity contribution is 7.80. The van der Waals surface area contributed by atoms with Crippen LogP contribution in [0.25, 0.3) is 0 Å². The van der Waals surface area contributed by atoms with Gasteiger partial charge >= 0.3 is 6.03 Å². The molecule has 1 heterocycles. The number of amides is 3. The molecule has 0 atom stereocenters. The van der Waals surface area contributed by atoms with Gasteiger partial charge in [-0.25, -0.2) is 14.2 Å². The number of aromatic nitrogens is 1. The van der Waals surface area contributed by atoms with E-state index < -0.39 is 11.8 Å². The number of nitrogens with one attached hydrogen (secondary N) is 3. The molecule has 3 amide bonds. The summed E-state index contributed by atoms with van der Waals surface area (Å²) in [5, 5.41) is 16.3. The number of urea groups is 1. The molecular formula is C19H19FN6O3S. The van der Waals surface area contributed by atoms with Crippen molar-refractivity contribution in [3.63, 3.8) is 0 Å². The number of anilines is 2. The summed E-state index contributed by atoms with van der Waals surface area (Å²) in [5.41, 5.74) is 0.335. The Kier molecular flexibility index (Phi) is 8.01. The van der Waals surface area contributed by atoms with Crippen LogP contribution in [-0.4, -0.2) is 40.5 Å². The third-order valence-corrected chi connectivity index (χ3v) is 3.78. The molecule has 0 aliphatic carbocycles. The molecule has 0 aliphatic rings. The lowest BCUT2D eigenvalue weighted by molar-refractivity contribution is -0.117. The van der Waals surface area contributed by atoms with Gasteiger partial charge in [-0.1, -0.05) is 0 Å². The molecule has 0 radical (unpaired) electrons. The number of hydrogen-bond acceptors (Lipinski definition) is 6. The van der Waals surface area contributed by atoms with E-state index >= 15 is 0 Å². The Morgan fingerprint density at radius 3 is 2.73 bits per heavy atom. The van der Waals surface area contributed by atoms with Crippen molar-refractivity contribution in [3.8, 4) is 17.6 Å². The molecule has 11 heteroatoms. The number of ether oxygens (including phenoxy) is 1. The maximum Gasteiger partial charge on any atom is 0.322 e. The van der Waals surface area contributed by atoms with Gasteiger partial charge in [-0.15, -0.1) is 0 Å². The highest BCUT2D eigenvalue weighted by Gasteiger charge is 2.11. The number of carbonyl (C=O) groups excluding carboxylic acids is 2. The maximum absolute atomic E-state index is 14.4. The molecule has 9 nitrogen and oxygen atoms in total. The Bertz CT molecular complexity index is 994. The zero-order chi connectivity index (χ0) is 22.1. The van der Waals surface area contributed by atoms with Crippen molar-refractivity contribution in [3.05, 3.63) is 42.3 Å². The minimum atomic E-state index is -0.663. The molecule has 0 unspecified atom stereocenters. The summed E-state index contributed by atoms with van der Waals surface area (Å²) >= 11 is 4.93. The van der Waals surface area contributed by atoms with Gasteiger partial charge in [-0.2, -0.15) is 5.26 Å². The molecule has 3 N–H and O–H groups in total. The van der Waals surface area contributed by atoms with Gasteiger partial charge in [0.15, 0.2) is 16.7 Å². The molecule has 1 aromatic heterocycles. The third-order valence-electron chi connectivity index (χ3n) is 3.58. The number of hydrogen-bond donors (Lipinski definition) is 3. The number of thiocarbonyl (C=S) groups is 1. The van der Waals surface area contributed by atoms with E-state index in [9.17, 15) is 14.0 Å². The van der Waals surface area contributed by atoms with Crippen LogP contribution in [-0.2, 0) is 4.79 Å². The topological polar surface area (TPSA) is 119 Å². The van der Waals surface area contributed by atoms with E-state index in [2.05, 4.69) is 20.9 Å². The van der Waals surface area contributed by atoms with E-state index in [4.69, 9.17) is 22.2 Å². The second kappa shape index (κ2) is 10.7. The van der Waals surface area contributed by atoms with E-state index in [0.717, 1.165) is 6.07 Å². The van der Waals surface area contributed by atoms with Crippen LogP contribution < -0.4 is 20.7 Å². The second-order valence-corrected chi connectivity index (χ2v) is 6.43. The van der Waals surface area contributed by atoms with Crippen molar-refractivity contribution in [2.45, 2.75) is 13.3 Å². The number of rotatable bonds is 6. The van der Waals surface area contributed by atoms with E-state index in [1.165, 1.54) is 42.3 Å². The molecule has 156 valence electrons. The number of carbonyl (C=O) groups is 2. The molecule has 30 heavy (non-hydrogen) atoms. The number of benzene rings is 1. The highest BCUT2D eigenvalue weighted by atomic mass is 32.1. The zero-order valence-electron chi connectivity index (χ0n) is 16.2. The first-order chi connectivity index (χ1) is 14.3. The van der Waals surface area contributed by atoms with Gasteiger partial charge in [0, 0.05) is 44.5 Å². The van der Waals surface area contributed by atoms with E-state index in [1.54, 1.807) is 7.05 Å². The quantitative estimate of drug-likeness (QED) is 0.602. The van der Waals surface area contributed by atoms with Crippen LogP contribution in [0.5, 0.6) is 11.5 Å². The first kappa shape index (κ1) is 22.5. The van der Waals surface area contributed by atoms with Crippen LogP contribution in [0.15, 0.2) is 36.5 Å². The van der Waals surface area contributed by atoms with E-state index in [-0.39, 0.29) is 41.3 Å². The second-order valence-electron chi connectivity index (χ2n) is 6.02. The van der Waals surface area contributed by atoms with Gasteiger partial charge in [-0.3, -0.25) is 10.1 Å². The highest BCUT2D eigenvalue weighted by Crippen LogP contribution is 2.27. The van der Waals surface area contributed by atoms with Crippen LogP contribution in [0.2, 0.25) is 0 Å². The Morgan fingerprint density at radius 2 is 2.07 bits per heavy atom. The van der Waals surface area contributed by atoms with Gasteiger partial charge in [0.2, 0.25) is 5.91 Å². The van der Waals surface area contributed by atoms with Crippen molar-refractivity contribution >= 4 is 40.8 Å². The Labute approximate surface area is 177 Å². The Hall–Kier alpha value is -3.78. The number of pyridine rings is 1. The fourth-order valence-corrected chi connectivity index (χ4v) is 2.44. The monoisotopic (exact) mass is 430 g/mol. The molecule has 0 spiro atoms. The summed E-state index contributed by atoms with van der Waals surface area (Å²) in [6, 6.07) is 8.55. The SMILES string of the molecule is CC(=O)NC(=S)Nc1ccc(Oc2ccnc(NC(=O)N(C)CCC#N)c2)c(F)c1. The summed E-state index contributed by atoms with van der Waals surface area (Å²) in [5.74, 6) is -0.594. The molecule has 0 aliphatic heterocycles. The Morgan fingerprint density at radius 1 is 1.30 bits per heavy atom. The minimum absolute atomic E-state index is 0.0461. The predicted molar refractivity (Wildman–Crippen MR) is 113 cm³/mol. The van der Waals surface area contributed by atoms with Crippen molar-refractivity contribution in [2.75, 3.05) is 24.2 Å². The van der Waals surface area contributed by atoms with Gasteiger partial charge in [0.1, 0.15) is 11.6 Å². The zero-order valence-corrected chi connectivity index (χ0v) is 17.0. The van der Waals surface area contributed by atoms with Crippen molar-refractivity contribution in [1.82, 2.24) is 15.2 Å². The lowest BCUT2D eigenvalue weighted by atomic mass is 10.3. The normalized spacial score (nSPS) is 9.80. The number of nitriles is 1. The standard InChI is InChI=1S/C19H19FN6O3S/c1-12(27)23-18(30)24-13-4-5-16(15(20)10-13)29-14-6-8-22-17(11-14)25-19(28)26(2)9-3-7-21/h4-6,8,10-11H,3,9H2,1-2H3,(H,22,25,28)(H2,23,24,27,30). The van der Waals surface area contributed by atoms with Crippen molar-refractivity contribution < 1.29 is 18.7 Å². The fraction of sp³-hybridized carbons (Fsp3) is 0.211. The molecule has 0 saturated heterocycles. The predicted octanol–water partition coefficient (Wildman–Crippen LogP) is 3.22. The van der Waals surface area contributed by atoms with Gasteiger partial charge in [0.05, 0.1) is 12.5 Å². The molecule has 2 aromatic rings. The van der Waals surface area contributed by atoms with Crippen LogP contribution in [0.3, 0.4) is 0 Å². The lowest BCUT2D eigenvalue weighted by Gasteiger charge is -2.16. The average molecular weight is 430 g/mol. The van der Waals surface area contributed by atoms with E-state index in [0.29, 0.717) is 5.69 Å². The van der Waals surface area contributed by atoms with Crippen LogP contribution in [0.4, 0.5) is 20.7 Å². The van der Waals surface area contributed by atoms with Crippen LogP contribution in [0.1, 0.15) is 13.3 Å². The summed E-state index contributed by atoms with van der Waals surface area (Å²) in [6.07, 6.45) is 1.61. The summed E-state index contributed by atoms with van der Waals surface area (Å²) < 4.78 is 19.9. The first-order valence-corrected chi connectivity index (χ1v) is 9.10. The van der Waals surface area contributed by atoms with Crippen LogP contribution in [0, 0.1) is 17.1 Å². The summed E-state index contributed by atoms with van der Waals surface area (Å²) in [6.45, 7) is 1.58. The van der Waals surface area contributed by atoms with Crippen molar-refractivity contribution in [2.24, 2.45) is 0 Å². The van der Waals surface area contributed by atoms with Crippen molar-refractivity contribution in [1.29, 1.82) is 5.26 Å². The first-order valence-electron chi connectivity index (χ1n) is 8.69. The van der Waals surface area contributed by atoms with Gasteiger partial charge in [-0.05, 0) is 30.4 Å². The fourth-order valence-electron chi connectivity index (χ4n) is 2.18. The third kappa shape index (κ3) is 6.99. The minimum Gasteiger partial charge on any atom is -0.454 e. The molecule has 0 saturated carbocycles. The smallest absolute Gasteiger partial charge is 0.322 e. The molecule has 0 bridgehead atoms. The maximum atomic E-state index is 14.4. The number of nitrogens with zero attached hydrogens (tertiary/aromatic N) is 3. The number of halogens is 1. The average Bonchev–Trinajstić information content (AvgIpc) is 2.67. The van der Waals surface area contributed by atoms with Gasteiger partial charge < -0.3 is 20.3 Å². The van der Waals surface area contributed by atoms with Gasteiger partial charge in [0.25, 0.3) is 0 Å². The lowest BCUT2D eigenvalue weighted by Crippen LogP contribution is -2.32. The summed E-state index contributed by atoms with van der Waals surface area (Å²) in [4.78, 5) is 28.4. The van der Waals surface area contributed by atoms with Crippen LogP contribution >= 0.6 is 12.2 Å². The molecular weight excluding hydrogens is 411 g/mol. The largest absolute Gasteiger partial charge is 0.454 e. The molecule has 1 aromatic carbocycles. The summed E-state index contributed by atoms with van der Waals surface area (Å²) in [7, 11) is 1.55. The Balaban J connectivity index is 2.03. The van der Waals surface area contributed by atoms with E-state index in [1.807, 2.05) is 6.07 Å². The molecule has 0 fully saturated rings.